The van der Waals surface area contributed by atoms with Gasteiger partial charge in [0.2, 0.25) is 0 Å². The molecule has 0 amide bonds. The lowest BCUT2D eigenvalue weighted by molar-refractivity contribution is -0.167. The average molecular weight is 855 g/mol. The summed E-state index contributed by atoms with van der Waals surface area (Å²) < 4.78 is 16.8. The van der Waals surface area contributed by atoms with E-state index in [-0.39, 0.29) is 31.1 Å². The summed E-state index contributed by atoms with van der Waals surface area (Å²) in [5, 5.41) is 0. The Kier molecular flexibility index (Phi) is 47.9. The van der Waals surface area contributed by atoms with E-state index < -0.39 is 6.10 Å². The molecule has 354 valence electrons. The van der Waals surface area contributed by atoms with E-state index in [1.807, 2.05) is 0 Å². The second-order valence-electron chi connectivity index (χ2n) is 17.4. The third kappa shape index (κ3) is 48.3. The minimum absolute atomic E-state index is 0.0796. The van der Waals surface area contributed by atoms with Gasteiger partial charge in [-0.25, -0.2) is 0 Å². The summed E-state index contributed by atoms with van der Waals surface area (Å²) in [6.45, 7) is 6.51. The Morgan fingerprint density at radius 3 is 1.02 bits per heavy atom. The Morgan fingerprint density at radius 2 is 0.639 bits per heavy atom. The summed E-state index contributed by atoms with van der Waals surface area (Å²) in [4.78, 5) is 37.9. The SMILES string of the molecule is CC/C=C\C/C=C\C/C=C\CCCCCCCC(=O)OC(COC(=O)CCCCCCCCC/C=C\CCCCCCCCC)COC(=O)CCCCCCCCCCCC. The molecule has 0 N–H and O–H groups in total. The Labute approximate surface area is 378 Å². The van der Waals surface area contributed by atoms with Gasteiger partial charge >= 0.3 is 17.9 Å². The summed E-state index contributed by atoms with van der Waals surface area (Å²) in [6.07, 6.45) is 59.5. The molecule has 0 aromatic heterocycles. The number of allylic oxidation sites excluding steroid dienone is 8. The van der Waals surface area contributed by atoms with Gasteiger partial charge in [-0.15, -0.1) is 0 Å². The number of hydrogen-bond acceptors (Lipinski definition) is 6. The van der Waals surface area contributed by atoms with Crippen LogP contribution in [0.4, 0.5) is 0 Å². The zero-order chi connectivity index (χ0) is 44.4. The van der Waals surface area contributed by atoms with Crippen molar-refractivity contribution in [3.63, 3.8) is 0 Å². The Hall–Kier alpha value is -2.63. The zero-order valence-electron chi connectivity index (χ0n) is 40.4. The maximum absolute atomic E-state index is 12.8. The molecule has 0 aliphatic rings. The van der Waals surface area contributed by atoms with E-state index in [1.54, 1.807) is 0 Å². The van der Waals surface area contributed by atoms with E-state index in [2.05, 4.69) is 69.4 Å². The summed E-state index contributed by atoms with van der Waals surface area (Å²) in [6, 6.07) is 0. The molecule has 0 aliphatic carbocycles. The van der Waals surface area contributed by atoms with Crippen LogP contribution in [0.1, 0.15) is 265 Å². The van der Waals surface area contributed by atoms with Crippen LogP contribution in [0.15, 0.2) is 48.6 Å². The third-order valence-electron chi connectivity index (χ3n) is 11.3. The molecule has 0 saturated carbocycles. The fraction of sp³-hybridized carbons (Fsp3) is 0.800. The smallest absolute Gasteiger partial charge is 0.306 e. The molecule has 0 rings (SSSR count). The van der Waals surface area contributed by atoms with Gasteiger partial charge in [0.15, 0.2) is 6.10 Å². The number of ether oxygens (including phenoxy) is 3. The van der Waals surface area contributed by atoms with Crippen molar-refractivity contribution >= 4 is 17.9 Å². The number of carbonyl (C=O) groups is 3. The van der Waals surface area contributed by atoms with E-state index >= 15 is 0 Å². The van der Waals surface area contributed by atoms with Crippen molar-refractivity contribution in [2.75, 3.05) is 13.2 Å². The molecule has 0 saturated heterocycles. The fourth-order valence-corrected chi connectivity index (χ4v) is 7.39. The van der Waals surface area contributed by atoms with Crippen molar-refractivity contribution in [2.45, 2.75) is 271 Å². The summed E-state index contributed by atoms with van der Waals surface area (Å²) in [5.74, 6) is -0.895. The first-order chi connectivity index (χ1) is 30.0. The van der Waals surface area contributed by atoms with E-state index in [0.717, 1.165) is 96.3 Å². The van der Waals surface area contributed by atoms with Crippen molar-refractivity contribution < 1.29 is 28.6 Å². The molecule has 1 atom stereocenters. The lowest BCUT2D eigenvalue weighted by atomic mass is 10.1. The van der Waals surface area contributed by atoms with Crippen molar-refractivity contribution in [2.24, 2.45) is 0 Å². The number of carbonyl (C=O) groups excluding carboxylic acids is 3. The minimum Gasteiger partial charge on any atom is -0.462 e. The third-order valence-corrected chi connectivity index (χ3v) is 11.3. The van der Waals surface area contributed by atoms with Gasteiger partial charge in [-0.1, -0.05) is 217 Å². The van der Waals surface area contributed by atoms with Crippen molar-refractivity contribution in [1.82, 2.24) is 0 Å². The largest absolute Gasteiger partial charge is 0.462 e. The fourth-order valence-electron chi connectivity index (χ4n) is 7.39. The van der Waals surface area contributed by atoms with Crippen LogP contribution in [0.2, 0.25) is 0 Å². The van der Waals surface area contributed by atoms with Gasteiger partial charge in [0, 0.05) is 19.3 Å². The van der Waals surface area contributed by atoms with E-state index in [4.69, 9.17) is 14.2 Å². The first kappa shape index (κ1) is 58.4. The van der Waals surface area contributed by atoms with Crippen LogP contribution >= 0.6 is 0 Å². The van der Waals surface area contributed by atoms with Gasteiger partial charge in [-0.3, -0.25) is 14.4 Å². The van der Waals surface area contributed by atoms with Gasteiger partial charge in [-0.2, -0.15) is 0 Å². The highest BCUT2D eigenvalue weighted by Gasteiger charge is 2.19. The van der Waals surface area contributed by atoms with Crippen molar-refractivity contribution in [3.8, 4) is 0 Å². The number of hydrogen-bond donors (Lipinski definition) is 0. The molecular formula is C55H98O6. The van der Waals surface area contributed by atoms with Gasteiger partial charge in [0.25, 0.3) is 0 Å². The quantitative estimate of drug-likeness (QED) is 0.0263. The first-order valence-electron chi connectivity index (χ1n) is 26.1. The number of esters is 3. The predicted molar refractivity (Wildman–Crippen MR) is 261 cm³/mol. The van der Waals surface area contributed by atoms with E-state index in [9.17, 15) is 14.4 Å². The molecule has 0 radical (unpaired) electrons. The molecule has 0 bridgehead atoms. The van der Waals surface area contributed by atoms with Gasteiger partial charge in [0.1, 0.15) is 13.2 Å². The normalized spacial score (nSPS) is 12.4. The molecule has 0 aromatic carbocycles. The van der Waals surface area contributed by atoms with E-state index in [0.29, 0.717) is 19.3 Å². The minimum atomic E-state index is -0.780. The lowest BCUT2D eigenvalue weighted by Crippen LogP contribution is -2.30. The molecule has 6 heteroatoms. The van der Waals surface area contributed by atoms with Crippen LogP contribution in [0.5, 0.6) is 0 Å². The van der Waals surface area contributed by atoms with Crippen LogP contribution in [0.25, 0.3) is 0 Å². The predicted octanol–water partition coefficient (Wildman–Crippen LogP) is 17.1. The molecule has 61 heavy (non-hydrogen) atoms. The van der Waals surface area contributed by atoms with Crippen LogP contribution in [0, 0.1) is 0 Å². The molecule has 0 spiro atoms. The standard InChI is InChI=1S/C55H98O6/c1-4-7-10-13-16-19-22-24-26-27-28-30-31-33-36-39-42-45-48-54(57)60-51-52(50-59-53(56)47-44-41-38-35-21-18-15-12-9-6-3)61-55(58)49-46-43-40-37-34-32-29-25-23-20-17-14-11-8-5-2/h8,11,17,20,25-27,29,52H,4-7,9-10,12-16,18-19,21-24,28,30-51H2,1-3H3/b11-8-,20-17-,27-26-,29-25-. The molecule has 0 aromatic rings. The maximum Gasteiger partial charge on any atom is 0.306 e. The molecule has 1 unspecified atom stereocenters. The molecular weight excluding hydrogens is 757 g/mol. The van der Waals surface area contributed by atoms with Gasteiger partial charge < -0.3 is 14.2 Å². The summed E-state index contributed by atoms with van der Waals surface area (Å²) in [7, 11) is 0. The van der Waals surface area contributed by atoms with E-state index in [1.165, 1.54) is 128 Å². The van der Waals surface area contributed by atoms with Crippen LogP contribution in [0.3, 0.4) is 0 Å². The number of unbranched alkanes of at least 4 members (excludes halogenated alkanes) is 28. The second kappa shape index (κ2) is 50.0. The molecule has 0 fully saturated rings. The summed E-state index contributed by atoms with van der Waals surface area (Å²) >= 11 is 0. The molecule has 6 nitrogen and oxygen atoms in total. The Morgan fingerprint density at radius 1 is 0.344 bits per heavy atom. The second-order valence-corrected chi connectivity index (χ2v) is 17.4. The van der Waals surface area contributed by atoms with Gasteiger partial charge in [0.05, 0.1) is 0 Å². The Balaban J connectivity index is 4.34. The molecule has 0 heterocycles. The average Bonchev–Trinajstić information content (AvgIpc) is 3.26. The Bertz CT molecular complexity index is 1070. The topological polar surface area (TPSA) is 78.9 Å². The molecule has 0 aliphatic heterocycles. The van der Waals surface area contributed by atoms with Crippen LogP contribution in [-0.2, 0) is 28.6 Å². The zero-order valence-corrected chi connectivity index (χ0v) is 40.4. The van der Waals surface area contributed by atoms with Crippen LogP contribution in [-0.4, -0.2) is 37.2 Å². The van der Waals surface area contributed by atoms with Crippen molar-refractivity contribution in [3.05, 3.63) is 48.6 Å². The monoisotopic (exact) mass is 855 g/mol. The maximum atomic E-state index is 12.8. The van der Waals surface area contributed by atoms with Gasteiger partial charge in [-0.05, 0) is 77.0 Å². The van der Waals surface area contributed by atoms with Crippen molar-refractivity contribution in [1.29, 1.82) is 0 Å². The highest BCUT2D eigenvalue weighted by molar-refractivity contribution is 5.71. The van der Waals surface area contributed by atoms with Crippen LogP contribution < -0.4 is 0 Å². The first-order valence-corrected chi connectivity index (χ1v) is 26.1. The summed E-state index contributed by atoms with van der Waals surface area (Å²) in [5.41, 5.74) is 0. The lowest BCUT2D eigenvalue weighted by Gasteiger charge is -2.18. The highest BCUT2D eigenvalue weighted by Crippen LogP contribution is 2.15. The number of rotatable bonds is 47. The highest BCUT2D eigenvalue weighted by atomic mass is 16.6.